The lowest BCUT2D eigenvalue weighted by atomic mass is 9.72. The summed E-state index contributed by atoms with van der Waals surface area (Å²) in [7, 11) is 1.63. The van der Waals surface area contributed by atoms with E-state index >= 15 is 0 Å². The molecule has 2 atom stereocenters. The Morgan fingerprint density at radius 1 is 1.18 bits per heavy atom. The van der Waals surface area contributed by atoms with Gasteiger partial charge in [0.25, 0.3) is 0 Å². The summed E-state index contributed by atoms with van der Waals surface area (Å²) in [4.78, 5) is 14.5. The molecular weight excluding hydrogens is 448 g/mol. The molecule has 0 spiro atoms. The van der Waals surface area contributed by atoms with E-state index in [1.807, 2.05) is 19.1 Å². The highest BCUT2D eigenvalue weighted by molar-refractivity contribution is 6.30. The van der Waals surface area contributed by atoms with Gasteiger partial charge in [-0.25, -0.2) is 13.6 Å². The van der Waals surface area contributed by atoms with Crippen molar-refractivity contribution in [2.24, 2.45) is 5.41 Å². The Balaban J connectivity index is 1.70. The second-order valence-electron chi connectivity index (χ2n) is 9.64. The van der Waals surface area contributed by atoms with E-state index in [-0.39, 0.29) is 5.41 Å². The molecule has 2 aliphatic rings. The van der Waals surface area contributed by atoms with Crippen molar-refractivity contribution in [2.45, 2.75) is 52.2 Å². The number of carbonyl (C=O) groups is 1. The molecular formula is C26H28ClF2NO3. The minimum Gasteiger partial charge on any atom is -0.496 e. The molecule has 33 heavy (non-hydrogen) atoms. The Kier molecular flexibility index (Phi) is 6.41. The number of hydrogen-bond acceptors (Lipinski definition) is 3. The lowest BCUT2D eigenvalue weighted by Gasteiger charge is -2.35. The summed E-state index contributed by atoms with van der Waals surface area (Å²) >= 11 is 6.30. The zero-order valence-electron chi connectivity index (χ0n) is 19.3. The number of carbonyl (C=O) groups excluding carboxylic acids is 1. The van der Waals surface area contributed by atoms with Gasteiger partial charge in [-0.15, -0.1) is 0 Å². The van der Waals surface area contributed by atoms with Crippen LogP contribution in [0.4, 0.5) is 13.6 Å². The summed E-state index contributed by atoms with van der Waals surface area (Å²) in [6.07, 6.45) is 1.38. The molecule has 0 N–H and O–H groups in total. The van der Waals surface area contributed by atoms with Gasteiger partial charge in [0, 0.05) is 28.8 Å². The number of rotatable bonds is 5. The number of methoxy groups -OCH3 is 1. The smallest absolute Gasteiger partial charge is 0.411 e. The number of halogens is 3. The van der Waals surface area contributed by atoms with Gasteiger partial charge in [0.1, 0.15) is 23.5 Å². The second-order valence-corrected chi connectivity index (χ2v) is 10.1. The van der Waals surface area contributed by atoms with E-state index in [4.69, 9.17) is 21.1 Å². The van der Waals surface area contributed by atoms with Crippen molar-refractivity contribution in [3.8, 4) is 5.75 Å². The van der Waals surface area contributed by atoms with Crippen LogP contribution in [0.2, 0.25) is 5.02 Å². The molecule has 1 aliphatic heterocycles. The highest BCUT2D eigenvalue weighted by atomic mass is 35.5. The Labute approximate surface area is 198 Å². The Morgan fingerprint density at radius 3 is 2.55 bits per heavy atom. The summed E-state index contributed by atoms with van der Waals surface area (Å²) in [5.41, 5.74) is 3.54. The van der Waals surface area contributed by atoms with Crippen LogP contribution in [0.5, 0.6) is 5.75 Å². The van der Waals surface area contributed by atoms with E-state index in [1.165, 1.54) is 12.1 Å². The van der Waals surface area contributed by atoms with Crippen LogP contribution < -0.4 is 4.74 Å². The first-order chi connectivity index (χ1) is 15.6. The van der Waals surface area contributed by atoms with Crippen molar-refractivity contribution in [2.75, 3.05) is 13.7 Å². The minimum atomic E-state index is -0.746. The van der Waals surface area contributed by atoms with Crippen LogP contribution in [0.1, 0.15) is 57.3 Å². The fraction of sp³-hybridized carbons (Fsp3) is 0.423. The summed E-state index contributed by atoms with van der Waals surface area (Å²) in [5.74, 6) is -0.658. The van der Waals surface area contributed by atoms with E-state index in [0.29, 0.717) is 17.1 Å². The van der Waals surface area contributed by atoms with Crippen molar-refractivity contribution >= 4 is 23.3 Å². The summed E-state index contributed by atoms with van der Waals surface area (Å²) in [6.45, 7) is 6.63. The minimum absolute atomic E-state index is 0.0720. The zero-order chi connectivity index (χ0) is 23.9. The van der Waals surface area contributed by atoms with Crippen molar-refractivity contribution in [1.29, 1.82) is 0 Å². The third-order valence-corrected chi connectivity index (χ3v) is 6.86. The van der Waals surface area contributed by atoms with Crippen molar-refractivity contribution in [1.82, 2.24) is 4.90 Å². The Morgan fingerprint density at radius 2 is 1.88 bits per heavy atom. The first kappa shape index (κ1) is 23.6. The lowest BCUT2D eigenvalue weighted by molar-refractivity contribution is 0.130. The first-order valence-corrected chi connectivity index (χ1v) is 11.4. The van der Waals surface area contributed by atoms with E-state index in [1.54, 1.807) is 18.1 Å². The highest BCUT2D eigenvalue weighted by Crippen LogP contribution is 2.46. The van der Waals surface area contributed by atoms with Crippen LogP contribution >= 0.6 is 11.6 Å². The van der Waals surface area contributed by atoms with E-state index < -0.39 is 29.9 Å². The molecule has 4 nitrogen and oxygen atoms in total. The number of ether oxygens (including phenoxy) is 2. The van der Waals surface area contributed by atoms with Gasteiger partial charge in [-0.3, -0.25) is 4.90 Å². The van der Waals surface area contributed by atoms with Gasteiger partial charge < -0.3 is 9.47 Å². The number of benzene rings is 2. The van der Waals surface area contributed by atoms with Gasteiger partial charge >= 0.3 is 6.09 Å². The van der Waals surface area contributed by atoms with Crippen molar-refractivity contribution < 1.29 is 23.0 Å². The maximum absolute atomic E-state index is 13.8. The van der Waals surface area contributed by atoms with E-state index in [0.717, 1.165) is 47.8 Å². The largest absolute Gasteiger partial charge is 0.496 e. The predicted molar refractivity (Wildman–Crippen MR) is 124 cm³/mol. The van der Waals surface area contributed by atoms with Crippen LogP contribution in [0.25, 0.3) is 5.57 Å². The van der Waals surface area contributed by atoms with Gasteiger partial charge in [0.15, 0.2) is 0 Å². The predicted octanol–water partition coefficient (Wildman–Crippen LogP) is 7.17. The maximum atomic E-state index is 13.8. The molecule has 2 aromatic rings. The van der Waals surface area contributed by atoms with Crippen LogP contribution in [0, 0.1) is 17.0 Å². The molecule has 0 aromatic heterocycles. The topological polar surface area (TPSA) is 38.8 Å². The van der Waals surface area contributed by atoms with Crippen LogP contribution in [-0.4, -0.2) is 30.7 Å². The summed E-state index contributed by atoms with van der Waals surface area (Å²) in [5, 5.41) is 0.615. The average molecular weight is 476 g/mol. The lowest BCUT2D eigenvalue weighted by Crippen LogP contribution is -2.35. The molecule has 176 valence electrons. The third kappa shape index (κ3) is 4.86. The standard InChI is InChI=1S/C26H28ClF2NO3/c1-15-24(16-9-19(28)12-20(29)10-16)33-25(31)30(15)14-17-13-26(2,3)8-7-21(17)22-11-18(27)5-6-23(22)32-4/h5-6,9-12,15,24H,7-8,13-14H2,1-4H3/t15-,24-/m0/s1. The molecule has 1 amide bonds. The summed E-state index contributed by atoms with van der Waals surface area (Å²) < 4.78 is 38.7. The first-order valence-electron chi connectivity index (χ1n) is 11.1. The van der Waals surface area contributed by atoms with E-state index in [2.05, 4.69) is 13.8 Å². The van der Waals surface area contributed by atoms with Crippen molar-refractivity contribution in [3.05, 3.63) is 69.8 Å². The second kappa shape index (κ2) is 8.98. The molecule has 1 heterocycles. The van der Waals surface area contributed by atoms with Gasteiger partial charge in [0.2, 0.25) is 0 Å². The molecule has 1 saturated heterocycles. The highest BCUT2D eigenvalue weighted by Gasteiger charge is 2.41. The van der Waals surface area contributed by atoms with Crippen LogP contribution in [-0.2, 0) is 4.74 Å². The number of amides is 1. The molecule has 0 saturated carbocycles. The van der Waals surface area contributed by atoms with E-state index in [9.17, 15) is 13.6 Å². The summed E-state index contributed by atoms with van der Waals surface area (Å²) in [6, 6.07) is 8.39. The average Bonchev–Trinajstić information content (AvgIpc) is 3.01. The van der Waals surface area contributed by atoms with Gasteiger partial charge in [0.05, 0.1) is 13.2 Å². The molecule has 0 radical (unpaired) electrons. The zero-order valence-corrected chi connectivity index (χ0v) is 20.0. The Bertz CT molecular complexity index is 1090. The fourth-order valence-electron chi connectivity index (χ4n) is 4.91. The SMILES string of the molecule is COc1ccc(Cl)cc1C1=C(CN2C(=O)O[C@H](c3cc(F)cc(F)c3)[C@@H]2C)CC(C)(C)CC1. The molecule has 4 rings (SSSR count). The number of hydrogen-bond donors (Lipinski definition) is 0. The van der Waals surface area contributed by atoms with Gasteiger partial charge in [-0.2, -0.15) is 0 Å². The Hall–Kier alpha value is -2.60. The molecule has 0 bridgehead atoms. The maximum Gasteiger partial charge on any atom is 0.411 e. The number of cyclic esters (lactones) is 1. The monoisotopic (exact) mass is 475 g/mol. The van der Waals surface area contributed by atoms with Gasteiger partial charge in [-0.1, -0.05) is 25.4 Å². The molecule has 2 aromatic carbocycles. The van der Waals surface area contributed by atoms with Crippen LogP contribution in [0.3, 0.4) is 0 Å². The van der Waals surface area contributed by atoms with Crippen molar-refractivity contribution in [3.63, 3.8) is 0 Å². The normalized spacial score (nSPS) is 22.5. The number of allylic oxidation sites excluding steroid dienone is 1. The molecule has 1 aliphatic carbocycles. The molecule has 7 heteroatoms. The molecule has 0 unspecified atom stereocenters. The van der Waals surface area contributed by atoms with Crippen LogP contribution in [0.15, 0.2) is 42.0 Å². The third-order valence-electron chi connectivity index (χ3n) is 6.62. The molecule has 1 fully saturated rings. The fourth-order valence-corrected chi connectivity index (χ4v) is 5.08. The quantitative estimate of drug-likeness (QED) is 0.460. The van der Waals surface area contributed by atoms with Gasteiger partial charge in [-0.05, 0) is 73.1 Å². The number of nitrogens with zero attached hydrogens (tertiary/aromatic N) is 1.